The van der Waals surface area contributed by atoms with E-state index < -0.39 is 10.0 Å². The molecule has 0 saturated heterocycles. The van der Waals surface area contributed by atoms with Gasteiger partial charge in [-0.25, -0.2) is 18.5 Å². The Morgan fingerprint density at radius 2 is 2.00 bits per heavy atom. The van der Waals surface area contributed by atoms with E-state index in [1.807, 2.05) is 19.9 Å². The number of sulfonamides is 1. The highest BCUT2D eigenvalue weighted by Gasteiger charge is 2.17. The summed E-state index contributed by atoms with van der Waals surface area (Å²) in [4.78, 5) is 16.1. The molecule has 0 saturated carbocycles. The number of nitrogens with one attached hydrogen (secondary N) is 1. The number of primary sulfonamides is 1. The highest BCUT2D eigenvalue weighted by molar-refractivity contribution is 7.89. The van der Waals surface area contributed by atoms with E-state index in [0.717, 1.165) is 5.57 Å². The van der Waals surface area contributed by atoms with Crippen LogP contribution < -0.4 is 10.5 Å². The zero-order valence-electron chi connectivity index (χ0n) is 15.9. The van der Waals surface area contributed by atoms with Gasteiger partial charge in [0.05, 0.1) is 11.3 Å². The molecule has 0 aliphatic rings. The van der Waals surface area contributed by atoms with E-state index in [-0.39, 0.29) is 28.1 Å². The van der Waals surface area contributed by atoms with Crippen molar-refractivity contribution in [3.63, 3.8) is 0 Å². The van der Waals surface area contributed by atoms with E-state index in [0.29, 0.717) is 16.7 Å². The predicted octanol–water partition coefficient (Wildman–Crippen LogP) is 3.90. The van der Waals surface area contributed by atoms with Crippen LogP contribution in [-0.4, -0.2) is 19.3 Å². The van der Waals surface area contributed by atoms with Gasteiger partial charge in [-0.2, -0.15) is 0 Å². The van der Waals surface area contributed by atoms with Crippen LogP contribution in [0.5, 0.6) is 0 Å². The Bertz CT molecular complexity index is 1120. The third kappa shape index (κ3) is 6.57. The number of benzene rings is 1. The molecule has 3 N–H and O–H groups in total. The molecule has 0 unspecified atom stereocenters. The topological polar surface area (TPSA) is 102 Å². The molecule has 0 radical (unpaired) electrons. The second-order valence-corrected chi connectivity index (χ2v) is 8.35. The fourth-order valence-corrected chi connectivity index (χ4v) is 3.31. The molecule has 0 aliphatic carbocycles. The average Bonchev–Trinajstić information content (AvgIpc) is 2.65. The van der Waals surface area contributed by atoms with Gasteiger partial charge in [-0.3, -0.25) is 4.79 Å². The van der Waals surface area contributed by atoms with Crippen LogP contribution in [0.1, 0.15) is 20.3 Å². The van der Waals surface area contributed by atoms with Gasteiger partial charge in [-0.1, -0.05) is 41.3 Å². The first-order valence-electron chi connectivity index (χ1n) is 8.49. The Kier molecular flexibility index (Phi) is 7.35. The minimum atomic E-state index is -4.06. The molecule has 0 spiro atoms. The van der Waals surface area contributed by atoms with Crippen LogP contribution in [0.3, 0.4) is 0 Å². The molecule has 1 aromatic heterocycles. The molecule has 150 valence electrons. The number of allylic oxidation sites excluding steroid dienone is 3. The minimum absolute atomic E-state index is 0.0200. The van der Waals surface area contributed by atoms with E-state index in [1.54, 1.807) is 30.3 Å². The summed E-state index contributed by atoms with van der Waals surface area (Å²) in [5.41, 5.74) is 2.70. The lowest BCUT2D eigenvalue weighted by atomic mass is 10.1. The average molecular weight is 430 g/mol. The van der Waals surface area contributed by atoms with Gasteiger partial charge in [0.2, 0.25) is 15.9 Å². The number of terminal acetylenes is 1. The molecule has 1 aromatic carbocycles. The highest BCUT2D eigenvalue weighted by Crippen LogP contribution is 2.29. The van der Waals surface area contributed by atoms with Crippen molar-refractivity contribution in [2.45, 2.75) is 25.2 Å². The van der Waals surface area contributed by atoms with Gasteiger partial charge in [0, 0.05) is 28.6 Å². The first-order chi connectivity index (χ1) is 13.6. The number of nitrogens with zero attached hydrogens (tertiary/aromatic N) is 1. The molecule has 2 rings (SSSR count). The third-order valence-electron chi connectivity index (χ3n) is 3.76. The minimum Gasteiger partial charge on any atom is -0.326 e. The zero-order chi connectivity index (χ0) is 21.6. The molecule has 0 atom stereocenters. The summed E-state index contributed by atoms with van der Waals surface area (Å²) in [6.07, 6.45) is 10.4. The number of carbonyl (C=O) groups excluding carboxylic acids is 1. The summed E-state index contributed by atoms with van der Waals surface area (Å²) in [5, 5.41) is 8.29. The first kappa shape index (κ1) is 22.4. The summed E-state index contributed by atoms with van der Waals surface area (Å²) in [6.45, 7) is 3.83. The van der Waals surface area contributed by atoms with Crippen molar-refractivity contribution in [2.24, 2.45) is 5.14 Å². The third-order valence-corrected chi connectivity index (χ3v) is 4.94. The van der Waals surface area contributed by atoms with E-state index in [9.17, 15) is 13.2 Å². The Morgan fingerprint density at radius 1 is 1.28 bits per heavy atom. The lowest BCUT2D eigenvalue weighted by Crippen LogP contribution is -2.16. The number of amides is 1. The molecule has 0 aliphatic heterocycles. The standard InChI is InChI=1S/C21H20ClN3O3S/c1-4-15(6-5-14(2)3)11-21(26)25-17-8-9-18(19(12-17)29(23,27)28)16-7-10-20(22)24-13-16/h1,5-10,12-13H,11H2,2-3H3,(H,25,26)(H2,23,27,28)/b15-6+. The van der Waals surface area contributed by atoms with Crippen LogP contribution in [0, 0.1) is 12.3 Å². The molecule has 1 amide bonds. The van der Waals surface area contributed by atoms with Gasteiger partial charge < -0.3 is 5.32 Å². The number of halogens is 1. The van der Waals surface area contributed by atoms with Crippen LogP contribution in [0.15, 0.2) is 64.7 Å². The van der Waals surface area contributed by atoms with Gasteiger partial charge >= 0.3 is 0 Å². The second kappa shape index (κ2) is 9.52. The monoisotopic (exact) mass is 429 g/mol. The summed E-state index contributed by atoms with van der Waals surface area (Å²) < 4.78 is 24.2. The molecule has 1 heterocycles. The van der Waals surface area contributed by atoms with Crippen LogP contribution in [0.25, 0.3) is 11.1 Å². The van der Waals surface area contributed by atoms with Crippen LogP contribution in [-0.2, 0) is 14.8 Å². The largest absolute Gasteiger partial charge is 0.326 e. The summed E-state index contributed by atoms with van der Waals surface area (Å²) in [5.74, 6) is 2.09. The van der Waals surface area contributed by atoms with Crippen LogP contribution in [0.2, 0.25) is 5.15 Å². The fourth-order valence-electron chi connectivity index (χ4n) is 2.41. The number of rotatable bonds is 6. The summed E-state index contributed by atoms with van der Waals surface area (Å²) >= 11 is 5.78. The van der Waals surface area contributed by atoms with Gasteiger partial charge in [0.25, 0.3) is 0 Å². The molecule has 0 bridgehead atoms. The van der Waals surface area contributed by atoms with Gasteiger partial charge in [0.1, 0.15) is 5.15 Å². The molecule has 0 fully saturated rings. The van der Waals surface area contributed by atoms with E-state index >= 15 is 0 Å². The molecule has 6 nitrogen and oxygen atoms in total. The van der Waals surface area contributed by atoms with Crippen molar-refractivity contribution in [3.8, 4) is 23.5 Å². The molecule has 2 aromatic rings. The Morgan fingerprint density at radius 3 is 2.55 bits per heavy atom. The lowest BCUT2D eigenvalue weighted by Gasteiger charge is -2.11. The Labute approximate surface area is 175 Å². The SMILES string of the molecule is C#C/C(=C\C=C(C)C)CC(=O)Nc1ccc(-c2ccc(Cl)nc2)c(S(N)(=O)=O)c1. The second-order valence-electron chi connectivity index (χ2n) is 6.43. The smallest absolute Gasteiger partial charge is 0.238 e. The maximum Gasteiger partial charge on any atom is 0.238 e. The van der Waals surface area contributed by atoms with Gasteiger partial charge in [-0.15, -0.1) is 6.42 Å². The van der Waals surface area contributed by atoms with Gasteiger partial charge in [0.15, 0.2) is 0 Å². The maximum atomic E-state index is 12.3. The fraction of sp³-hybridized carbons (Fsp3) is 0.143. The Hall–Kier alpha value is -2.92. The number of anilines is 1. The number of nitrogens with two attached hydrogens (primary N) is 1. The van der Waals surface area contributed by atoms with E-state index in [4.69, 9.17) is 23.2 Å². The van der Waals surface area contributed by atoms with Crippen LogP contribution in [0.4, 0.5) is 5.69 Å². The van der Waals surface area contributed by atoms with E-state index in [1.165, 1.54) is 12.3 Å². The van der Waals surface area contributed by atoms with Crippen molar-refractivity contribution in [3.05, 3.63) is 65.0 Å². The van der Waals surface area contributed by atoms with Crippen LogP contribution >= 0.6 is 11.6 Å². The zero-order valence-corrected chi connectivity index (χ0v) is 17.5. The summed E-state index contributed by atoms with van der Waals surface area (Å²) in [7, 11) is -4.06. The lowest BCUT2D eigenvalue weighted by molar-refractivity contribution is -0.115. The number of pyridine rings is 1. The first-order valence-corrected chi connectivity index (χ1v) is 10.4. The number of hydrogen-bond acceptors (Lipinski definition) is 4. The van der Waals surface area contributed by atoms with Crippen molar-refractivity contribution in [2.75, 3.05) is 5.32 Å². The number of hydrogen-bond donors (Lipinski definition) is 2. The van der Waals surface area contributed by atoms with Gasteiger partial charge in [-0.05, 0) is 38.1 Å². The molecular weight excluding hydrogens is 410 g/mol. The van der Waals surface area contributed by atoms with Crippen molar-refractivity contribution < 1.29 is 13.2 Å². The Balaban J connectivity index is 2.32. The van der Waals surface area contributed by atoms with Crippen molar-refractivity contribution in [1.29, 1.82) is 0 Å². The van der Waals surface area contributed by atoms with E-state index in [2.05, 4.69) is 16.2 Å². The normalized spacial score (nSPS) is 11.5. The summed E-state index contributed by atoms with van der Waals surface area (Å²) in [6, 6.07) is 7.59. The maximum absolute atomic E-state index is 12.3. The predicted molar refractivity (Wildman–Crippen MR) is 116 cm³/mol. The molecular formula is C21H20ClN3O3S. The number of carbonyl (C=O) groups is 1. The van der Waals surface area contributed by atoms with Crippen molar-refractivity contribution >= 4 is 33.2 Å². The number of aromatic nitrogens is 1. The molecule has 29 heavy (non-hydrogen) atoms. The highest BCUT2D eigenvalue weighted by atomic mass is 35.5. The van der Waals surface area contributed by atoms with Crippen molar-refractivity contribution in [1.82, 2.24) is 4.98 Å². The molecule has 8 heteroatoms. The quantitative estimate of drug-likeness (QED) is 0.413.